The number of rotatable bonds is 2. The number of hydrogen-bond donors (Lipinski definition) is 1. The molecule has 0 saturated heterocycles. The standard InChI is InChI=1S/C25H35N3O/c1-16-6-5-15-26-23(16)27-20-9-8-18-17-7-10-21-25(3,14-12-22(29)28(21)4)19(17)11-13-24(18,20)2/h5-6,12,14-15,17-21H,7-11,13H2,1-4H3,(H,26,27)/t17-,18-,19-,20-,21+,24-,25+/m0/s1. The zero-order chi connectivity index (χ0) is 20.4. The predicted molar refractivity (Wildman–Crippen MR) is 116 cm³/mol. The van der Waals surface area contributed by atoms with Gasteiger partial charge in [0.1, 0.15) is 5.82 Å². The van der Waals surface area contributed by atoms with Crippen LogP contribution in [0, 0.1) is 35.5 Å². The van der Waals surface area contributed by atoms with Crippen molar-refractivity contribution in [1.82, 2.24) is 9.88 Å². The minimum atomic E-state index is 0.135. The summed E-state index contributed by atoms with van der Waals surface area (Å²) in [6, 6.07) is 5.05. The van der Waals surface area contributed by atoms with Crippen molar-refractivity contribution in [2.45, 2.75) is 71.4 Å². The first kappa shape index (κ1) is 19.1. The van der Waals surface area contributed by atoms with Gasteiger partial charge < -0.3 is 10.2 Å². The summed E-state index contributed by atoms with van der Waals surface area (Å²) in [5.41, 5.74) is 1.71. The molecule has 2 heterocycles. The average molecular weight is 394 g/mol. The summed E-state index contributed by atoms with van der Waals surface area (Å²) in [4.78, 5) is 18.9. The van der Waals surface area contributed by atoms with Gasteiger partial charge in [-0.15, -0.1) is 0 Å². The molecule has 156 valence electrons. The Kier molecular flexibility index (Phi) is 4.34. The van der Waals surface area contributed by atoms with Gasteiger partial charge in [0, 0.05) is 30.7 Å². The quantitative estimate of drug-likeness (QED) is 0.784. The molecule has 1 N–H and O–H groups in total. The SMILES string of the molecule is Cc1cccnc1N[C@H]1CC[C@H]2[C@@H]3CC[C@H]4N(C)C(=O)C=C[C@]4(C)[C@H]3CC[C@]12C. The molecule has 4 nitrogen and oxygen atoms in total. The number of hydrogen-bond acceptors (Lipinski definition) is 3. The van der Waals surface area contributed by atoms with Gasteiger partial charge in [-0.2, -0.15) is 0 Å². The van der Waals surface area contributed by atoms with E-state index in [1.165, 1.54) is 37.7 Å². The highest BCUT2D eigenvalue weighted by molar-refractivity contribution is 5.89. The fourth-order valence-electron chi connectivity index (χ4n) is 7.78. The molecule has 3 fully saturated rings. The lowest BCUT2D eigenvalue weighted by molar-refractivity contribution is -0.138. The molecule has 4 heteroatoms. The zero-order valence-electron chi connectivity index (χ0n) is 18.3. The van der Waals surface area contributed by atoms with Gasteiger partial charge in [0.05, 0.1) is 0 Å². The number of nitrogens with zero attached hydrogens (tertiary/aromatic N) is 2. The van der Waals surface area contributed by atoms with Crippen LogP contribution in [0.4, 0.5) is 5.82 Å². The van der Waals surface area contributed by atoms with Gasteiger partial charge in [0.15, 0.2) is 0 Å². The molecule has 0 spiro atoms. The zero-order valence-corrected chi connectivity index (χ0v) is 18.3. The Balaban J connectivity index is 1.41. The number of anilines is 1. The van der Waals surface area contributed by atoms with E-state index in [0.29, 0.717) is 23.4 Å². The second-order valence-electron chi connectivity index (χ2n) is 10.6. The first-order valence-electron chi connectivity index (χ1n) is 11.5. The summed E-state index contributed by atoms with van der Waals surface area (Å²) in [6.07, 6.45) is 13.6. The van der Waals surface area contributed by atoms with E-state index in [2.05, 4.69) is 43.2 Å². The van der Waals surface area contributed by atoms with E-state index in [1.807, 2.05) is 30.3 Å². The van der Waals surface area contributed by atoms with Crippen LogP contribution in [0.15, 0.2) is 30.5 Å². The highest BCUT2D eigenvalue weighted by Gasteiger charge is 2.60. The van der Waals surface area contributed by atoms with E-state index < -0.39 is 0 Å². The maximum atomic E-state index is 12.3. The summed E-state index contributed by atoms with van der Waals surface area (Å²) in [7, 11) is 2.01. The van der Waals surface area contributed by atoms with E-state index in [-0.39, 0.29) is 11.3 Å². The average Bonchev–Trinajstić information content (AvgIpc) is 3.03. The van der Waals surface area contributed by atoms with Crippen molar-refractivity contribution in [3.63, 3.8) is 0 Å². The van der Waals surface area contributed by atoms with Crippen LogP contribution in [0.5, 0.6) is 0 Å². The molecular weight excluding hydrogens is 358 g/mol. The molecule has 0 bridgehead atoms. The second-order valence-corrected chi connectivity index (χ2v) is 10.6. The van der Waals surface area contributed by atoms with Gasteiger partial charge >= 0.3 is 0 Å². The number of likely N-dealkylation sites (N-methyl/N-ethyl adjacent to an activating group) is 1. The normalized spacial score (nSPS) is 43.5. The number of carbonyl (C=O) groups excluding carboxylic acids is 1. The van der Waals surface area contributed by atoms with Crippen molar-refractivity contribution in [2.24, 2.45) is 28.6 Å². The molecule has 0 unspecified atom stereocenters. The number of fused-ring (bicyclic) bond motifs is 5. The van der Waals surface area contributed by atoms with E-state index in [0.717, 1.165) is 24.1 Å². The first-order valence-corrected chi connectivity index (χ1v) is 11.5. The lowest BCUT2D eigenvalue weighted by Crippen LogP contribution is -2.60. The van der Waals surface area contributed by atoms with Crippen molar-refractivity contribution in [1.29, 1.82) is 0 Å². The Bertz CT molecular complexity index is 850. The van der Waals surface area contributed by atoms with Crippen LogP contribution >= 0.6 is 0 Å². The number of carbonyl (C=O) groups is 1. The fourth-order valence-corrected chi connectivity index (χ4v) is 7.78. The predicted octanol–water partition coefficient (Wildman–Crippen LogP) is 4.81. The molecule has 0 radical (unpaired) electrons. The summed E-state index contributed by atoms with van der Waals surface area (Å²) >= 11 is 0. The van der Waals surface area contributed by atoms with Crippen molar-refractivity contribution < 1.29 is 4.79 Å². The molecule has 1 aromatic rings. The lowest BCUT2D eigenvalue weighted by Gasteiger charge is -2.60. The molecule has 7 atom stereocenters. The van der Waals surface area contributed by atoms with Gasteiger partial charge in [-0.1, -0.05) is 26.0 Å². The maximum Gasteiger partial charge on any atom is 0.246 e. The lowest BCUT2D eigenvalue weighted by atomic mass is 9.48. The Hall–Kier alpha value is -1.84. The van der Waals surface area contributed by atoms with Crippen LogP contribution in [0.1, 0.15) is 57.9 Å². The van der Waals surface area contributed by atoms with Crippen LogP contribution < -0.4 is 5.32 Å². The van der Waals surface area contributed by atoms with Crippen LogP contribution in [0.25, 0.3) is 0 Å². The Morgan fingerprint density at radius 3 is 2.76 bits per heavy atom. The summed E-state index contributed by atoms with van der Waals surface area (Å²) in [5.74, 6) is 3.49. The van der Waals surface area contributed by atoms with E-state index in [1.54, 1.807) is 0 Å². The third-order valence-electron chi connectivity index (χ3n) is 9.45. The van der Waals surface area contributed by atoms with Gasteiger partial charge in [-0.25, -0.2) is 4.98 Å². The number of nitrogens with one attached hydrogen (secondary N) is 1. The van der Waals surface area contributed by atoms with Gasteiger partial charge in [0.2, 0.25) is 5.91 Å². The van der Waals surface area contributed by atoms with E-state index in [4.69, 9.17) is 0 Å². The van der Waals surface area contributed by atoms with Crippen molar-refractivity contribution in [2.75, 3.05) is 12.4 Å². The number of pyridine rings is 1. The molecule has 1 aromatic heterocycles. The number of aromatic nitrogens is 1. The molecule has 4 aliphatic rings. The number of aryl methyl sites for hydroxylation is 1. The Morgan fingerprint density at radius 2 is 1.97 bits per heavy atom. The van der Waals surface area contributed by atoms with Gasteiger partial charge in [-0.05, 0) is 86.3 Å². The maximum absolute atomic E-state index is 12.3. The monoisotopic (exact) mass is 393 g/mol. The highest BCUT2D eigenvalue weighted by atomic mass is 16.2. The minimum Gasteiger partial charge on any atom is -0.367 e. The van der Waals surface area contributed by atoms with Crippen molar-refractivity contribution in [3.8, 4) is 0 Å². The molecule has 3 saturated carbocycles. The Labute approximate surface area is 175 Å². The summed E-state index contributed by atoms with van der Waals surface area (Å²) in [6.45, 7) is 7.12. The Morgan fingerprint density at radius 1 is 1.14 bits per heavy atom. The molecular formula is C25H35N3O. The van der Waals surface area contributed by atoms with Gasteiger partial charge in [0.25, 0.3) is 0 Å². The molecule has 0 aromatic carbocycles. The largest absolute Gasteiger partial charge is 0.367 e. The smallest absolute Gasteiger partial charge is 0.246 e. The van der Waals surface area contributed by atoms with Crippen molar-refractivity contribution in [3.05, 3.63) is 36.0 Å². The van der Waals surface area contributed by atoms with Crippen molar-refractivity contribution >= 4 is 11.7 Å². The van der Waals surface area contributed by atoms with E-state index >= 15 is 0 Å². The van der Waals surface area contributed by atoms with Gasteiger partial charge in [-0.3, -0.25) is 4.79 Å². The summed E-state index contributed by atoms with van der Waals surface area (Å²) in [5, 5.41) is 3.85. The molecule has 5 rings (SSSR count). The summed E-state index contributed by atoms with van der Waals surface area (Å²) < 4.78 is 0. The second kappa shape index (κ2) is 6.58. The van der Waals surface area contributed by atoms with Crippen LogP contribution in [0.2, 0.25) is 0 Å². The topological polar surface area (TPSA) is 45.2 Å². The third-order valence-corrected chi connectivity index (χ3v) is 9.45. The molecule has 3 aliphatic carbocycles. The minimum absolute atomic E-state index is 0.135. The fraction of sp³-hybridized carbons (Fsp3) is 0.680. The molecule has 1 amide bonds. The highest BCUT2D eigenvalue weighted by Crippen LogP contribution is 2.64. The molecule has 29 heavy (non-hydrogen) atoms. The van der Waals surface area contributed by atoms with Crippen LogP contribution in [-0.4, -0.2) is 34.9 Å². The van der Waals surface area contributed by atoms with Crippen LogP contribution in [-0.2, 0) is 4.79 Å². The van der Waals surface area contributed by atoms with Crippen LogP contribution in [0.3, 0.4) is 0 Å². The molecule has 1 aliphatic heterocycles. The van der Waals surface area contributed by atoms with E-state index in [9.17, 15) is 4.79 Å². The third kappa shape index (κ3) is 2.70. The first-order chi connectivity index (χ1) is 13.8. The number of amides is 1.